The quantitative estimate of drug-likeness (QED) is 0.490. The normalized spacial score (nSPS) is 11.5. The van der Waals surface area contributed by atoms with E-state index in [0.29, 0.717) is 10.8 Å². The van der Waals surface area contributed by atoms with Crippen LogP contribution in [0.1, 0.15) is 10.5 Å². The lowest BCUT2D eigenvalue weighted by Gasteiger charge is -2.08. The van der Waals surface area contributed by atoms with Crippen LogP contribution in [0.25, 0.3) is 0 Å². The zero-order chi connectivity index (χ0) is 21.7. The van der Waals surface area contributed by atoms with Crippen LogP contribution in [0.4, 0.5) is 18.9 Å². The lowest BCUT2D eigenvalue weighted by molar-refractivity contribution is -0.182. The predicted molar refractivity (Wildman–Crippen MR) is 104 cm³/mol. The summed E-state index contributed by atoms with van der Waals surface area (Å²) in [5.41, 5.74) is 0.393. The van der Waals surface area contributed by atoms with Crippen LogP contribution in [0.15, 0.2) is 47.3 Å². The zero-order valence-corrected chi connectivity index (χ0v) is 17.4. The van der Waals surface area contributed by atoms with Gasteiger partial charge in [-0.2, -0.15) is 23.4 Å². The van der Waals surface area contributed by atoms with Crippen molar-refractivity contribution in [3.63, 3.8) is 0 Å². The second-order valence-corrected chi connectivity index (χ2v) is 7.23. The minimum Gasteiger partial charge on any atom is -0.470 e. The van der Waals surface area contributed by atoms with Crippen molar-refractivity contribution in [2.24, 2.45) is 0 Å². The zero-order valence-electron chi connectivity index (χ0n) is 15.1. The van der Waals surface area contributed by atoms with Gasteiger partial charge in [-0.25, -0.2) is 9.36 Å². The monoisotopic (exact) mass is 507 g/mol. The molecule has 0 aliphatic rings. The third kappa shape index (κ3) is 6.47. The minimum atomic E-state index is -4.42. The summed E-state index contributed by atoms with van der Waals surface area (Å²) in [5.74, 6) is -0.0623. The van der Waals surface area contributed by atoms with Crippen LogP contribution in [0.3, 0.4) is 0 Å². The summed E-state index contributed by atoms with van der Waals surface area (Å²) >= 11 is 9.38. The molecule has 0 radical (unpaired) electrons. The molecule has 0 saturated carbocycles. The summed E-state index contributed by atoms with van der Waals surface area (Å²) in [5, 5.41) is 10.9. The van der Waals surface area contributed by atoms with Gasteiger partial charge in [-0.3, -0.25) is 4.79 Å². The van der Waals surface area contributed by atoms with Gasteiger partial charge in [0.25, 0.3) is 5.91 Å². The molecule has 1 amide bonds. The van der Waals surface area contributed by atoms with Crippen LogP contribution >= 0.6 is 27.5 Å². The standard InChI is InChI=1S/C17H14BrClF3N5O3/c18-11-1-2-15(13(19)5-11)30-10-26-4-3-14(25-26)16(28)24-12-6-23-27(7-12)9-29-8-17(20,21)22/h1-7H,8-10H2,(H,24,28). The highest BCUT2D eigenvalue weighted by molar-refractivity contribution is 9.10. The molecule has 13 heteroatoms. The average Bonchev–Trinajstić information content (AvgIpc) is 3.29. The number of ether oxygens (including phenoxy) is 2. The Balaban J connectivity index is 1.51. The molecule has 1 aromatic carbocycles. The number of amides is 1. The summed E-state index contributed by atoms with van der Waals surface area (Å²) in [6.07, 6.45) is -0.250. The molecular weight excluding hydrogens is 495 g/mol. The van der Waals surface area contributed by atoms with E-state index in [1.807, 2.05) is 0 Å². The molecule has 3 aromatic rings. The van der Waals surface area contributed by atoms with E-state index in [-0.39, 0.29) is 18.1 Å². The van der Waals surface area contributed by atoms with Gasteiger partial charge in [0.15, 0.2) is 12.4 Å². The number of nitrogens with one attached hydrogen (secondary N) is 1. The van der Waals surface area contributed by atoms with Gasteiger partial charge in [0.1, 0.15) is 19.1 Å². The van der Waals surface area contributed by atoms with Crippen molar-refractivity contribution in [1.82, 2.24) is 19.6 Å². The first-order valence-electron chi connectivity index (χ1n) is 8.29. The Morgan fingerprint density at radius 3 is 2.77 bits per heavy atom. The van der Waals surface area contributed by atoms with Gasteiger partial charge in [-0.05, 0) is 24.3 Å². The summed E-state index contributed by atoms with van der Waals surface area (Å²) in [4.78, 5) is 12.3. The van der Waals surface area contributed by atoms with Crippen LogP contribution in [0.5, 0.6) is 5.75 Å². The van der Waals surface area contributed by atoms with Crippen molar-refractivity contribution >= 4 is 39.1 Å². The number of hydrogen-bond donors (Lipinski definition) is 1. The Hall–Kier alpha value is -2.57. The summed E-state index contributed by atoms with van der Waals surface area (Å²) in [6.45, 7) is -1.76. The molecule has 0 atom stereocenters. The Bertz CT molecular complexity index is 1020. The maximum Gasteiger partial charge on any atom is 0.411 e. The number of anilines is 1. The number of alkyl halides is 3. The lowest BCUT2D eigenvalue weighted by atomic mass is 10.3. The van der Waals surface area contributed by atoms with Crippen molar-refractivity contribution in [3.05, 3.63) is 58.0 Å². The van der Waals surface area contributed by atoms with E-state index in [0.717, 1.165) is 9.15 Å². The SMILES string of the molecule is O=C(Nc1cnn(COCC(F)(F)F)c1)c1ccn(COc2ccc(Br)cc2Cl)n1. The maximum absolute atomic E-state index is 12.3. The molecule has 0 saturated heterocycles. The highest BCUT2D eigenvalue weighted by atomic mass is 79.9. The summed E-state index contributed by atoms with van der Waals surface area (Å²) in [7, 11) is 0. The molecule has 0 spiro atoms. The number of carbonyl (C=O) groups is 1. The predicted octanol–water partition coefficient (Wildman–Crippen LogP) is 4.32. The van der Waals surface area contributed by atoms with Crippen LogP contribution in [-0.2, 0) is 18.2 Å². The second-order valence-electron chi connectivity index (χ2n) is 5.90. The van der Waals surface area contributed by atoms with Crippen molar-refractivity contribution in [1.29, 1.82) is 0 Å². The topological polar surface area (TPSA) is 83.2 Å². The molecule has 0 fully saturated rings. The Labute approximate surface area is 181 Å². The molecule has 8 nitrogen and oxygen atoms in total. The van der Waals surface area contributed by atoms with Gasteiger partial charge < -0.3 is 14.8 Å². The second kappa shape index (κ2) is 9.49. The van der Waals surface area contributed by atoms with Crippen LogP contribution in [0, 0.1) is 0 Å². The fourth-order valence-corrected chi connectivity index (χ4v) is 2.96. The van der Waals surface area contributed by atoms with Crippen molar-refractivity contribution in [2.75, 3.05) is 11.9 Å². The molecule has 0 aliphatic heterocycles. The van der Waals surface area contributed by atoms with Crippen molar-refractivity contribution in [2.45, 2.75) is 19.6 Å². The third-order valence-electron chi connectivity index (χ3n) is 3.50. The first-order valence-corrected chi connectivity index (χ1v) is 9.46. The molecule has 1 N–H and O–H groups in total. The largest absolute Gasteiger partial charge is 0.470 e. The van der Waals surface area contributed by atoms with E-state index >= 15 is 0 Å². The van der Waals surface area contributed by atoms with Crippen LogP contribution in [0.2, 0.25) is 5.02 Å². The Kier molecular flexibility index (Phi) is 7.00. The average molecular weight is 509 g/mol. The van der Waals surface area contributed by atoms with E-state index in [4.69, 9.17) is 16.3 Å². The number of aromatic nitrogens is 4. The number of nitrogens with zero attached hydrogens (tertiary/aromatic N) is 4. The number of halogens is 5. The molecule has 3 rings (SSSR count). The summed E-state index contributed by atoms with van der Waals surface area (Å²) < 4.78 is 49.6. The minimum absolute atomic E-state index is 0.0309. The molecule has 0 unspecified atom stereocenters. The highest BCUT2D eigenvalue weighted by Gasteiger charge is 2.27. The maximum atomic E-state index is 12.3. The lowest BCUT2D eigenvalue weighted by Crippen LogP contribution is -2.18. The number of carbonyl (C=O) groups excluding carboxylic acids is 1. The smallest absolute Gasteiger partial charge is 0.411 e. The fourth-order valence-electron chi connectivity index (χ4n) is 2.23. The number of benzene rings is 1. The molecule has 0 bridgehead atoms. The fraction of sp³-hybridized carbons (Fsp3) is 0.235. The van der Waals surface area contributed by atoms with Gasteiger partial charge >= 0.3 is 6.18 Å². The van der Waals surface area contributed by atoms with Crippen LogP contribution in [-0.4, -0.2) is 38.3 Å². The van der Waals surface area contributed by atoms with Crippen molar-refractivity contribution in [3.8, 4) is 5.75 Å². The van der Waals surface area contributed by atoms with Crippen molar-refractivity contribution < 1.29 is 27.4 Å². The molecular formula is C17H14BrClF3N5O3. The van der Waals surface area contributed by atoms with E-state index in [1.165, 1.54) is 23.1 Å². The van der Waals surface area contributed by atoms with Gasteiger partial charge in [0.2, 0.25) is 0 Å². The van der Waals surface area contributed by atoms with E-state index in [9.17, 15) is 18.0 Å². The van der Waals surface area contributed by atoms with E-state index < -0.39 is 25.4 Å². The molecule has 2 heterocycles. The molecule has 30 heavy (non-hydrogen) atoms. The van der Waals surface area contributed by atoms with Gasteiger partial charge in [-0.1, -0.05) is 27.5 Å². The number of hydrogen-bond acceptors (Lipinski definition) is 5. The van der Waals surface area contributed by atoms with Gasteiger partial charge in [0, 0.05) is 10.7 Å². The highest BCUT2D eigenvalue weighted by Crippen LogP contribution is 2.27. The third-order valence-corrected chi connectivity index (χ3v) is 4.29. The first-order chi connectivity index (χ1) is 14.2. The number of rotatable bonds is 8. The first kappa shape index (κ1) is 22.1. The van der Waals surface area contributed by atoms with Gasteiger partial charge in [0.05, 0.1) is 23.1 Å². The Morgan fingerprint density at radius 1 is 1.23 bits per heavy atom. The van der Waals surface area contributed by atoms with Crippen LogP contribution < -0.4 is 10.1 Å². The Morgan fingerprint density at radius 2 is 2.03 bits per heavy atom. The van der Waals surface area contributed by atoms with E-state index in [1.54, 1.807) is 24.4 Å². The summed E-state index contributed by atoms with van der Waals surface area (Å²) in [6, 6.07) is 6.64. The molecule has 2 aromatic heterocycles. The molecule has 0 aliphatic carbocycles. The molecule has 160 valence electrons. The van der Waals surface area contributed by atoms with E-state index in [2.05, 4.69) is 36.2 Å². The van der Waals surface area contributed by atoms with Gasteiger partial charge in [-0.15, -0.1) is 0 Å².